The molecule has 0 aliphatic heterocycles. The summed E-state index contributed by atoms with van der Waals surface area (Å²) < 4.78 is 0. The highest BCUT2D eigenvalue weighted by atomic mass is 16.4. The zero-order valence-corrected chi connectivity index (χ0v) is 14.8. The number of nitrogens with zero attached hydrogens (tertiary/aromatic N) is 1. The summed E-state index contributed by atoms with van der Waals surface area (Å²) in [4.78, 5) is 31.3. The zero-order chi connectivity index (χ0) is 18.8. The summed E-state index contributed by atoms with van der Waals surface area (Å²) in [5, 5.41) is 12.0. The second-order valence-electron chi connectivity index (χ2n) is 7.06. The number of aromatic amines is 1. The molecule has 1 fully saturated rings. The lowest BCUT2D eigenvalue weighted by Gasteiger charge is -2.25. The van der Waals surface area contributed by atoms with Crippen LogP contribution >= 0.6 is 0 Å². The van der Waals surface area contributed by atoms with E-state index in [2.05, 4.69) is 15.3 Å². The molecule has 3 aromatic rings. The van der Waals surface area contributed by atoms with E-state index in [4.69, 9.17) is 5.11 Å². The van der Waals surface area contributed by atoms with E-state index < -0.39 is 5.97 Å². The fourth-order valence-electron chi connectivity index (χ4n) is 3.65. The van der Waals surface area contributed by atoms with Crippen molar-refractivity contribution >= 4 is 28.6 Å². The average Bonchev–Trinajstić information content (AvgIpc) is 3.13. The number of imidazole rings is 1. The molecule has 1 amide bonds. The third-order valence-electron chi connectivity index (χ3n) is 5.26. The maximum atomic E-state index is 12.4. The van der Waals surface area contributed by atoms with Crippen molar-refractivity contribution < 1.29 is 14.7 Å². The molecule has 138 valence electrons. The van der Waals surface area contributed by atoms with E-state index >= 15 is 0 Å². The van der Waals surface area contributed by atoms with Gasteiger partial charge in [-0.2, -0.15) is 0 Å². The van der Waals surface area contributed by atoms with Crippen LogP contribution in [0.5, 0.6) is 0 Å². The van der Waals surface area contributed by atoms with Crippen molar-refractivity contribution in [3.8, 4) is 11.4 Å². The van der Waals surface area contributed by atoms with Crippen molar-refractivity contribution in [3.63, 3.8) is 0 Å². The second kappa shape index (κ2) is 7.23. The average molecular weight is 363 g/mol. The molecule has 0 unspecified atom stereocenters. The maximum Gasteiger partial charge on any atom is 0.306 e. The number of hydrogen-bond acceptors (Lipinski definition) is 3. The third kappa shape index (κ3) is 3.69. The van der Waals surface area contributed by atoms with Crippen LogP contribution in [0.4, 0.5) is 5.69 Å². The number of anilines is 1. The molecule has 1 aliphatic carbocycles. The topological polar surface area (TPSA) is 95.1 Å². The number of H-pyrrole nitrogens is 1. The molecule has 2 aromatic carbocycles. The Bertz CT molecular complexity index is 937. The van der Waals surface area contributed by atoms with Gasteiger partial charge in [-0.15, -0.1) is 0 Å². The van der Waals surface area contributed by atoms with Gasteiger partial charge < -0.3 is 15.4 Å². The van der Waals surface area contributed by atoms with Crippen LogP contribution < -0.4 is 5.32 Å². The molecule has 0 spiro atoms. The molecular weight excluding hydrogens is 342 g/mol. The highest BCUT2D eigenvalue weighted by Gasteiger charge is 2.29. The Labute approximate surface area is 156 Å². The minimum atomic E-state index is -0.755. The molecule has 3 N–H and O–H groups in total. The number of nitrogens with one attached hydrogen (secondary N) is 2. The molecule has 27 heavy (non-hydrogen) atoms. The smallest absolute Gasteiger partial charge is 0.306 e. The number of carbonyl (C=O) groups is 2. The molecule has 1 aliphatic rings. The lowest BCUT2D eigenvalue weighted by molar-refractivity contribution is -0.143. The third-order valence-corrected chi connectivity index (χ3v) is 5.26. The number of fused-ring (bicyclic) bond motifs is 1. The Morgan fingerprint density at radius 1 is 0.963 bits per heavy atom. The molecule has 0 saturated heterocycles. The SMILES string of the molecule is O=C(O)C1CCC(C(=O)Nc2ccc(-c3nc4ccccc4[nH]3)cc2)CC1. The number of carboxylic acid groups (broad SMARTS) is 1. The first kappa shape index (κ1) is 17.3. The van der Waals surface area contributed by atoms with E-state index in [0.717, 1.165) is 28.1 Å². The molecular formula is C21H21N3O3. The van der Waals surface area contributed by atoms with Crippen LogP contribution in [0.3, 0.4) is 0 Å². The number of carbonyl (C=O) groups excluding carboxylic acids is 1. The van der Waals surface area contributed by atoms with Crippen molar-refractivity contribution in [1.29, 1.82) is 0 Å². The summed E-state index contributed by atoms with van der Waals surface area (Å²) in [7, 11) is 0. The summed E-state index contributed by atoms with van der Waals surface area (Å²) in [6.07, 6.45) is 2.39. The number of hydrogen-bond donors (Lipinski definition) is 3. The van der Waals surface area contributed by atoms with E-state index in [9.17, 15) is 9.59 Å². The molecule has 4 rings (SSSR count). The van der Waals surface area contributed by atoms with Gasteiger partial charge in [-0.25, -0.2) is 4.98 Å². The Morgan fingerprint density at radius 3 is 2.30 bits per heavy atom. The van der Waals surface area contributed by atoms with E-state index in [0.29, 0.717) is 25.7 Å². The molecule has 1 saturated carbocycles. The van der Waals surface area contributed by atoms with Crippen LogP contribution in [-0.4, -0.2) is 27.0 Å². The highest BCUT2D eigenvalue weighted by molar-refractivity contribution is 5.93. The Hall–Kier alpha value is -3.15. The van der Waals surface area contributed by atoms with Crippen LogP contribution in [0.15, 0.2) is 48.5 Å². The van der Waals surface area contributed by atoms with Gasteiger partial charge in [0.05, 0.1) is 17.0 Å². The highest BCUT2D eigenvalue weighted by Crippen LogP contribution is 2.30. The first-order chi connectivity index (χ1) is 13.1. The normalized spacial score (nSPS) is 19.7. The number of carboxylic acids is 1. The minimum absolute atomic E-state index is 0.0321. The fraction of sp³-hybridized carbons (Fsp3) is 0.286. The van der Waals surface area contributed by atoms with Gasteiger partial charge in [0.1, 0.15) is 5.82 Å². The van der Waals surface area contributed by atoms with Crippen molar-refractivity contribution in [2.45, 2.75) is 25.7 Å². The monoisotopic (exact) mass is 363 g/mol. The van der Waals surface area contributed by atoms with Crippen LogP contribution in [0.25, 0.3) is 22.4 Å². The van der Waals surface area contributed by atoms with Crippen LogP contribution in [-0.2, 0) is 9.59 Å². The number of benzene rings is 2. The molecule has 1 heterocycles. The van der Waals surface area contributed by atoms with Crippen molar-refractivity contribution in [2.75, 3.05) is 5.32 Å². The first-order valence-corrected chi connectivity index (χ1v) is 9.19. The predicted molar refractivity (Wildman–Crippen MR) is 103 cm³/mol. The fourth-order valence-corrected chi connectivity index (χ4v) is 3.65. The molecule has 6 nitrogen and oxygen atoms in total. The molecule has 0 bridgehead atoms. The molecule has 6 heteroatoms. The predicted octanol–water partition coefficient (Wildman–Crippen LogP) is 4.06. The van der Waals surface area contributed by atoms with Gasteiger partial charge in [-0.3, -0.25) is 9.59 Å². The number of aliphatic carboxylic acids is 1. The number of aromatic nitrogens is 2. The number of para-hydroxylation sites is 2. The maximum absolute atomic E-state index is 12.4. The van der Waals surface area contributed by atoms with Crippen molar-refractivity contribution in [3.05, 3.63) is 48.5 Å². The van der Waals surface area contributed by atoms with Crippen LogP contribution in [0.2, 0.25) is 0 Å². The van der Waals surface area contributed by atoms with Gasteiger partial charge in [-0.05, 0) is 62.1 Å². The second-order valence-corrected chi connectivity index (χ2v) is 7.06. The zero-order valence-electron chi connectivity index (χ0n) is 14.8. The Morgan fingerprint density at radius 2 is 1.63 bits per heavy atom. The van der Waals surface area contributed by atoms with Crippen LogP contribution in [0, 0.1) is 11.8 Å². The summed E-state index contributed by atoms with van der Waals surface area (Å²) in [5.74, 6) is -0.417. The van der Waals surface area contributed by atoms with Gasteiger partial charge in [-0.1, -0.05) is 12.1 Å². The van der Waals surface area contributed by atoms with Gasteiger partial charge in [0.25, 0.3) is 0 Å². The van der Waals surface area contributed by atoms with Crippen molar-refractivity contribution in [1.82, 2.24) is 9.97 Å². The lowest BCUT2D eigenvalue weighted by Crippen LogP contribution is -2.29. The van der Waals surface area contributed by atoms with Crippen molar-refractivity contribution in [2.24, 2.45) is 11.8 Å². The standard InChI is InChI=1S/C21H21N3O3/c25-20(14-5-7-15(8-6-14)21(26)27)22-16-11-9-13(10-12-16)19-23-17-3-1-2-4-18(17)24-19/h1-4,9-12,14-15H,5-8H2,(H,22,25)(H,23,24)(H,26,27). The molecule has 0 radical (unpaired) electrons. The van der Waals surface area contributed by atoms with Gasteiger partial charge in [0.2, 0.25) is 5.91 Å². The lowest BCUT2D eigenvalue weighted by atomic mass is 9.81. The van der Waals surface area contributed by atoms with E-state index in [1.807, 2.05) is 48.5 Å². The van der Waals surface area contributed by atoms with E-state index in [1.165, 1.54) is 0 Å². The Kier molecular flexibility index (Phi) is 4.62. The van der Waals surface area contributed by atoms with Crippen LogP contribution in [0.1, 0.15) is 25.7 Å². The Balaban J connectivity index is 1.40. The molecule has 0 atom stereocenters. The van der Waals surface area contributed by atoms with Gasteiger partial charge >= 0.3 is 5.97 Å². The van der Waals surface area contributed by atoms with E-state index in [1.54, 1.807) is 0 Å². The first-order valence-electron chi connectivity index (χ1n) is 9.19. The molecule has 1 aromatic heterocycles. The van der Waals surface area contributed by atoms with Gasteiger partial charge in [0, 0.05) is 17.2 Å². The summed E-state index contributed by atoms with van der Waals surface area (Å²) >= 11 is 0. The van der Waals surface area contributed by atoms with E-state index in [-0.39, 0.29) is 17.7 Å². The number of amides is 1. The minimum Gasteiger partial charge on any atom is -0.481 e. The van der Waals surface area contributed by atoms with Gasteiger partial charge in [0.15, 0.2) is 0 Å². The number of rotatable bonds is 4. The summed E-state index contributed by atoms with van der Waals surface area (Å²) in [5.41, 5.74) is 3.59. The quantitative estimate of drug-likeness (QED) is 0.651. The largest absolute Gasteiger partial charge is 0.481 e. The summed E-state index contributed by atoms with van der Waals surface area (Å²) in [6.45, 7) is 0. The summed E-state index contributed by atoms with van der Waals surface area (Å²) in [6, 6.07) is 15.4.